The Morgan fingerprint density at radius 3 is 2.41 bits per heavy atom. The predicted octanol–water partition coefficient (Wildman–Crippen LogP) is 3.91. The highest BCUT2D eigenvalue weighted by atomic mass is 16.5. The van der Waals surface area contributed by atoms with E-state index < -0.39 is 0 Å². The van der Waals surface area contributed by atoms with Crippen molar-refractivity contribution in [2.45, 2.75) is 52.1 Å². The van der Waals surface area contributed by atoms with Gasteiger partial charge in [0.1, 0.15) is 0 Å². The number of ether oxygens (including phenoxy) is 1. The molecule has 1 aromatic carbocycles. The van der Waals surface area contributed by atoms with Crippen LogP contribution in [0.15, 0.2) is 30.3 Å². The van der Waals surface area contributed by atoms with Crippen LogP contribution in [0.25, 0.3) is 0 Å². The Labute approximate surface area is 104 Å². The molecule has 0 aromatic heterocycles. The van der Waals surface area contributed by atoms with Gasteiger partial charge in [-0.2, -0.15) is 0 Å². The van der Waals surface area contributed by atoms with Gasteiger partial charge in [0.2, 0.25) is 0 Å². The van der Waals surface area contributed by atoms with E-state index in [1.54, 1.807) is 0 Å². The summed E-state index contributed by atoms with van der Waals surface area (Å²) in [4.78, 5) is 11.7. The molecule has 94 valence electrons. The van der Waals surface area contributed by atoms with Crippen LogP contribution in [0.4, 0.5) is 0 Å². The first-order chi connectivity index (χ1) is 8.13. The summed E-state index contributed by atoms with van der Waals surface area (Å²) in [6, 6.07) is 10.2. The standard InChI is InChI=1S/C15H22O2/c1-4-8-14(11-15(16)17-12(2)3)13-9-6-5-7-10-13/h5-7,9-10,12,14H,4,8,11H2,1-3H3/t14-/m0/s1. The van der Waals surface area contributed by atoms with E-state index in [1.165, 1.54) is 5.56 Å². The second-order valence-electron chi connectivity index (χ2n) is 4.64. The van der Waals surface area contributed by atoms with E-state index in [9.17, 15) is 4.79 Å². The van der Waals surface area contributed by atoms with Crippen molar-refractivity contribution in [2.24, 2.45) is 0 Å². The molecule has 0 fully saturated rings. The zero-order chi connectivity index (χ0) is 12.7. The van der Waals surface area contributed by atoms with E-state index in [-0.39, 0.29) is 18.0 Å². The highest BCUT2D eigenvalue weighted by Crippen LogP contribution is 2.25. The molecular weight excluding hydrogens is 212 g/mol. The van der Waals surface area contributed by atoms with Gasteiger partial charge in [-0.3, -0.25) is 4.79 Å². The summed E-state index contributed by atoms with van der Waals surface area (Å²) in [6.45, 7) is 5.91. The summed E-state index contributed by atoms with van der Waals surface area (Å²) >= 11 is 0. The third-order valence-electron chi connectivity index (χ3n) is 2.69. The van der Waals surface area contributed by atoms with Gasteiger partial charge in [0.05, 0.1) is 12.5 Å². The van der Waals surface area contributed by atoms with Gasteiger partial charge in [0.15, 0.2) is 0 Å². The van der Waals surface area contributed by atoms with Crippen molar-refractivity contribution >= 4 is 5.97 Å². The molecule has 0 aliphatic carbocycles. The lowest BCUT2D eigenvalue weighted by molar-refractivity contribution is -0.147. The fraction of sp³-hybridized carbons (Fsp3) is 0.533. The number of carbonyl (C=O) groups is 1. The van der Waals surface area contributed by atoms with Crippen LogP contribution in [0.5, 0.6) is 0 Å². The first-order valence-corrected chi connectivity index (χ1v) is 6.38. The first kappa shape index (κ1) is 13.8. The highest BCUT2D eigenvalue weighted by Gasteiger charge is 2.16. The van der Waals surface area contributed by atoms with Crippen molar-refractivity contribution in [3.8, 4) is 0 Å². The van der Waals surface area contributed by atoms with Crippen LogP contribution in [-0.4, -0.2) is 12.1 Å². The average Bonchev–Trinajstić information content (AvgIpc) is 2.28. The molecule has 0 unspecified atom stereocenters. The largest absolute Gasteiger partial charge is 0.463 e. The lowest BCUT2D eigenvalue weighted by atomic mass is 9.91. The van der Waals surface area contributed by atoms with Gasteiger partial charge in [0.25, 0.3) is 0 Å². The molecular formula is C15H22O2. The first-order valence-electron chi connectivity index (χ1n) is 6.38. The number of carbonyl (C=O) groups excluding carboxylic acids is 1. The maximum Gasteiger partial charge on any atom is 0.306 e. The summed E-state index contributed by atoms with van der Waals surface area (Å²) in [6.07, 6.45) is 2.56. The monoisotopic (exact) mass is 234 g/mol. The number of hydrogen-bond donors (Lipinski definition) is 0. The Bertz CT molecular complexity index is 330. The minimum atomic E-state index is -0.0951. The Morgan fingerprint density at radius 1 is 1.24 bits per heavy atom. The average molecular weight is 234 g/mol. The molecule has 0 N–H and O–H groups in total. The normalized spacial score (nSPS) is 12.5. The molecule has 2 nitrogen and oxygen atoms in total. The van der Waals surface area contributed by atoms with Crippen molar-refractivity contribution in [3.05, 3.63) is 35.9 Å². The van der Waals surface area contributed by atoms with Crippen molar-refractivity contribution in [2.75, 3.05) is 0 Å². The molecule has 2 heteroatoms. The van der Waals surface area contributed by atoms with Crippen LogP contribution in [-0.2, 0) is 9.53 Å². The second-order valence-corrected chi connectivity index (χ2v) is 4.64. The van der Waals surface area contributed by atoms with Crippen molar-refractivity contribution in [1.29, 1.82) is 0 Å². The third kappa shape index (κ3) is 5.03. The lowest BCUT2D eigenvalue weighted by Gasteiger charge is -2.16. The Kier molecular flexibility index (Phi) is 5.75. The van der Waals surface area contributed by atoms with Crippen molar-refractivity contribution in [1.82, 2.24) is 0 Å². The predicted molar refractivity (Wildman–Crippen MR) is 69.9 cm³/mol. The van der Waals surface area contributed by atoms with E-state index in [2.05, 4.69) is 19.1 Å². The summed E-state index contributed by atoms with van der Waals surface area (Å²) in [5, 5.41) is 0. The molecule has 0 saturated carbocycles. The number of benzene rings is 1. The van der Waals surface area contributed by atoms with Crippen LogP contribution in [0, 0.1) is 0 Å². The lowest BCUT2D eigenvalue weighted by Crippen LogP contribution is -2.14. The van der Waals surface area contributed by atoms with Gasteiger partial charge in [-0.15, -0.1) is 0 Å². The quantitative estimate of drug-likeness (QED) is 0.697. The van der Waals surface area contributed by atoms with E-state index in [0.717, 1.165) is 12.8 Å². The molecule has 0 aliphatic rings. The van der Waals surface area contributed by atoms with Crippen molar-refractivity contribution in [3.63, 3.8) is 0 Å². The molecule has 0 radical (unpaired) electrons. The molecule has 1 aromatic rings. The van der Waals surface area contributed by atoms with Gasteiger partial charge < -0.3 is 4.74 Å². The van der Waals surface area contributed by atoms with Crippen LogP contribution in [0.1, 0.15) is 51.5 Å². The zero-order valence-corrected chi connectivity index (χ0v) is 11.0. The second kappa shape index (κ2) is 7.10. The number of rotatable bonds is 6. The van der Waals surface area contributed by atoms with Crippen LogP contribution < -0.4 is 0 Å². The molecule has 17 heavy (non-hydrogen) atoms. The molecule has 0 amide bonds. The van der Waals surface area contributed by atoms with Gasteiger partial charge in [-0.1, -0.05) is 43.7 Å². The number of esters is 1. The van der Waals surface area contributed by atoms with Gasteiger partial charge in [-0.05, 0) is 31.7 Å². The molecule has 0 bridgehead atoms. The van der Waals surface area contributed by atoms with E-state index in [4.69, 9.17) is 4.74 Å². The fourth-order valence-electron chi connectivity index (χ4n) is 1.97. The van der Waals surface area contributed by atoms with E-state index >= 15 is 0 Å². The van der Waals surface area contributed by atoms with Crippen LogP contribution in [0.3, 0.4) is 0 Å². The number of hydrogen-bond acceptors (Lipinski definition) is 2. The maximum absolute atomic E-state index is 11.7. The Hall–Kier alpha value is -1.31. The smallest absolute Gasteiger partial charge is 0.306 e. The Balaban J connectivity index is 2.64. The molecule has 0 spiro atoms. The summed E-state index contributed by atoms with van der Waals surface area (Å²) in [5.74, 6) is 0.190. The minimum Gasteiger partial charge on any atom is -0.463 e. The topological polar surface area (TPSA) is 26.3 Å². The molecule has 0 heterocycles. The maximum atomic E-state index is 11.7. The molecule has 0 aliphatic heterocycles. The summed E-state index contributed by atoms with van der Waals surface area (Å²) < 4.78 is 5.21. The van der Waals surface area contributed by atoms with Gasteiger partial charge in [-0.25, -0.2) is 0 Å². The van der Waals surface area contributed by atoms with Crippen LogP contribution >= 0.6 is 0 Å². The SMILES string of the molecule is CCC[C@@H](CC(=O)OC(C)C)c1ccccc1. The summed E-state index contributed by atoms with van der Waals surface area (Å²) in [7, 11) is 0. The zero-order valence-electron chi connectivity index (χ0n) is 11.0. The van der Waals surface area contributed by atoms with E-state index in [0.29, 0.717) is 6.42 Å². The van der Waals surface area contributed by atoms with Crippen LogP contribution in [0.2, 0.25) is 0 Å². The third-order valence-corrected chi connectivity index (χ3v) is 2.69. The van der Waals surface area contributed by atoms with Crippen molar-refractivity contribution < 1.29 is 9.53 Å². The molecule has 1 atom stereocenters. The molecule has 0 saturated heterocycles. The fourth-order valence-corrected chi connectivity index (χ4v) is 1.97. The van der Waals surface area contributed by atoms with E-state index in [1.807, 2.05) is 32.0 Å². The van der Waals surface area contributed by atoms with Gasteiger partial charge in [0, 0.05) is 0 Å². The molecule has 1 rings (SSSR count). The highest BCUT2D eigenvalue weighted by molar-refractivity contribution is 5.70. The van der Waals surface area contributed by atoms with Gasteiger partial charge >= 0.3 is 5.97 Å². The summed E-state index contributed by atoms with van der Waals surface area (Å²) in [5.41, 5.74) is 1.23. The minimum absolute atomic E-state index is 0.0273. The Morgan fingerprint density at radius 2 is 1.88 bits per heavy atom.